The fourth-order valence-electron chi connectivity index (χ4n) is 1.80. The monoisotopic (exact) mass is 357 g/mol. The molecule has 0 aliphatic carbocycles. The summed E-state index contributed by atoms with van der Waals surface area (Å²) in [5.74, 6) is -0.651. The minimum Gasteiger partial charge on any atom is -0.475 e. The van der Waals surface area contributed by atoms with E-state index in [1.807, 2.05) is 13.8 Å². The molecule has 0 bridgehead atoms. The summed E-state index contributed by atoms with van der Waals surface area (Å²) >= 11 is 9.33. The molecule has 0 saturated heterocycles. The van der Waals surface area contributed by atoms with Gasteiger partial charge in [-0.1, -0.05) is 25.4 Å². The van der Waals surface area contributed by atoms with Crippen molar-refractivity contribution in [3.63, 3.8) is 0 Å². The van der Waals surface area contributed by atoms with Gasteiger partial charge >= 0.3 is 5.97 Å². The zero-order valence-corrected chi connectivity index (χ0v) is 13.3. The van der Waals surface area contributed by atoms with E-state index in [1.54, 1.807) is 18.2 Å². The minimum atomic E-state index is -1.11. The van der Waals surface area contributed by atoms with Crippen LogP contribution in [0.4, 0.5) is 0 Å². The second kappa shape index (κ2) is 5.97. The van der Waals surface area contributed by atoms with Crippen molar-refractivity contribution in [2.75, 3.05) is 0 Å². The minimum absolute atomic E-state index is 0.104. The summed E-state index contributed by atoms with van der Waals surface area (Å²) < 4.78 is 6.13. The summed E-state index contributed by atoms with van der Waals surface area (Å²) in [6.07, 6.45) is 0.551. The van der Waals surface area contributed by atoms with E-state index in [4.69, 9.17) is 16.0 Å². The Morgan fingerprint density at radius 2 is 2.20 bits per heavy atom. The maximum Gasteiger partial charge on any atom is 0.373 e. The molecule has 0 atom stereocenters. The van der Waals surface area contributed by atoms with Crippen molar-refractivity contribution in [1.29, 1.82) is 0 Å². The lowest BCUT2D eigenvalue weighted by molar-refractivity contribution is 0.0661. The quantitative estimate of drug-likeness (QED) is 0.863. The number of aromatic carboxylic acids is 1. The molecular formula is C14H13BrClNO3. The maximum absolute atomic E-state index is 11.2. The number of aromatic nitrogens is 1. The third-order valence-corrected chi connectivity index (χ3v) is 3.89. The van der Waals surface area contributed by atoms with E-state index < -0.39 is 5.97 Å². The lowest BCUT2D eigenvalue weighted by Crippen LogP contribution is -2.03. The molecule has 0 saturated carbocycles. The molecule has 1 heterocycles. The van der Waals surface area contributed by atoms with Crippen LogP contribution in [-0.4, -0.2) is 16.1 Å². The molecule has 4 nitrogen and oxygen atoms in total. The Morgan fingerprint density at radius 1 is 1.50 bits per heavy atom. The molecule has 106 valence electrons. The number of carboxylic acids is 1. The first-order valence-corrected chi connectivity index (χ1v) is 7.24. The van der Waals surface area contributed by atoms with Crippen molar-refractivity contribution in [1.82, 2.24) is 4.98 Å². The summed E-state index contributed by atoms with van der Waals surface area (Å²) in [6.45, 7) is 3.99. The fourth-order valence-corrected chi connectivity index (χ4v) is 2.22. The van der Waals surface area contributed by atoms with Gasteiger partial charge in [0.1, 0.15) is 0 Å². The van der Waals surface area contributed by atoms with E-state index in [1.165, 1.54) is 0 Å². The summed E-state index contributed by atoms with van der Waals surface area (Å²) in [4.78, 5) is 15.5. The standard InChI is InChI=1S/C14H13BrClNO3/c1-7(2)5-11-12(14(18)19)20-13(17-11)8-3-4-9(15)10(16)6-8/h3-4,6-7H,5H2,1-2H3,(H,18,19). The van der Waals surface area contributed by atoms with Crippen molar-refractivity contribution in [3.8, 4) is 11.5 Å². The molecule has 0 spiro atoms. The molecule has 0 amide bonds. The number of carboxylic acid groups (broad SMARTS) is 1. The molecule has 6 heteroatoms. The first kappa shape index (κ1) is 15.1. The van der Waals surface area contributed by atoms with Crippen molar-refractivity contribution in [3.05, 3.63) is 39.1 Å². The van der Waals surface area contributed by atoms with Crippen LogP contribution in [0.2, 0.25) is 5.02 Å². The van der Waals surface area contributed by atoms with Crippen molar-refractivity contribution in [2.45, 2.75) is 20.3 Å². The van der Waals surface area contributed by atoms with Crippen molar-refractivity contribution < 1.29 is 14.3 Å². The number of benzene rings is 1. The van der Waals surface area contributed by atoms with Crippen LogP contribution in [0.5, 0.6) is 0 Å². The number of rotatable bonds is 4. The van der Waals surface area contributed by atoms with E-state index in [-0.39, 0.29) is 11.7 Å². The molecule has 0 aliphatic heterocycles. The highest BCUT2D eigenvalue weighted by molar-refractivity contribution is 9.10. The molecule has 0 fully saturated rings. The lowest BCUT2D eigenvalue weighted by Gasteiger charge is -2.00. The summed E-state index contributed by atoms with van der Waals surface area (Å²) in [5.41, 5.74) is 1.11. The molecular weight excluding hydrogens is 346 g/mol. The second-order valence-corrected chi connectivity index (χ2v) is 6.09. The third kappa shape index (κ3) is 3.22. The normalized spacial score (nSPS) is 11.1. The number of oxazole rings is 1. The van der Waals surface area contributed by atoms with Crippen LogP contribution in [0.15, 0.2) is 27.1 Å². The smallest absolute Gasteiger partial charge is 0.373 e. The Labute approximate surface area is 129 Å². The SMILES string of the molecule is CC(C)Cc1nc(-c2ccc(Br)c(Cl)c2)oc1C(=O)O. The molecule has 1 N–H and O–H groups in total. The Kier molecular flexibility index (Phi) is 4.50. The molecule has 0 unspecified atom stereocenters. The zero-order valence-electron chi connectivity index (χ0n) is 11.0. The maximum atomic E-state index is 11.2. The highest BCUT2D eigenvalue weighted by Crippen LogP contribution is 2.30. The van der Waals surface area contributed by atoms with Crippen molar-refractivity contribution in [2.24, 2.45) is 5.92 Å². The largest absolute Gasteiger partial charge is 0.475 e. The first-order chi connectivity index (χ1) is 9.38. The average molecular weight is 359 g/mol. The van der Waals surface area contributed by atoms with Gasteiger partial charge in [0.15, 0.2) is 0 Å². The molecule has 20 heavy (non-hydrogen) atoms. The van der Waals surface area contributed by atoms with Gasteiger partial charge in [0.2, 0.25) is 11.7 Å². The lowest BCUT2D eigenvalue weighted by atomic mass is 10.1. The van der Waals surface area contributed by atoms with Crippen LogP contribution < -0.4 is 0 Å². The Bertz CT molecular complexity index is 652. The molecule has 1 aromatic heterocycles. The summed E-state index contributed by atoms with van der Waals surface area (Å²) in [5, 5.41) is 9.69. The molecule has 0 aliphatic rings. The van der Waals surface area contributed by atoms with E-state index in [0.717, 1.165) is 4.47 Å². The highest BCUT2D eigenvalue weighted by atomic mass is 79.9. The number of hydrogen-bond acceptors (Lipinski definition) is 3. The third-order valence-electron chi connectivity index (χ3n) is 2.66. The fraction of sp³-hybridized carbons (Fsp3) is 0.286. The summed E-state index contributed by atoms with van der Waals surface area (Å²) in [6, 6.07) is 5.22. The predicted octanol–water partition coefficient (Wildman–Crippen LogP) is 4.65. The summed E-state index contributed by atoms with van der Waals surface area (Å²) in [7, 11) is 0. The van der Waals surface area contributed by atoms with Crippen LogP contribution in [-0.2, 0) is 6.42 Å². The zero-order chi connectivity index (χ0) is 14.9. The van der Waals surface area contributed by atoms with Crippen molar-refractivity contribution >= 4 is 33.5 Å². The van der Waals surface area contributed by atoms with Gasteiger partial charge in [-0.25, -0.2) is 9.78 Å². The topological polar surface area (TPSA) is 63.3 Å². The van der Waals surface area contributed by atoms with Gasteiger partial charge in [0.25, 0.3) is 0 Å². The van der Waals surface area contributed by atoms with Gasteiger partial charge in [-0.3, -0.25) is 0 Å². The Balaban J connectivity index is 2.46. The van der Waals surface area contributed by atoms with Gasteiger partial charge in [0.05, 0.1) is 10.7 Å². The van der Waals surface area contributed by atoms with Crippen LogP contribution in [0.3, 0.4) is 0 Å². The van der Waals surface area contributed by atoms with Crippen LogP contribution in [0, 0.1) is 5.92 Å². The number of carbonyl (C=O) groups is 1. The van der Waals surface area contributed by atoms with Crippen LogP contribution >= 0.6 is 27.5 Å². The van der Waals surface area contributed by atoms with E-state index >= 15 is 0 Å². The van der Waals surface area contributed by atoms with Crippen LogP contribution in [0.1, 0.15) is 30.1 Å². The van der Waals surface area contributed by atoms with E-state index in [9.17, 15) is 9.90 Å². The molecule has 1 aromatic carbocycles. The van der Waals surface area contributed by atoms with E-state index in [2.05, 4.69) is 20.9 Å². The number of halogens is 2. The van der Waals surface area contributed by atoms with Gasteiger partial charge in [-0.15, -0.1) is 0 Å². The average Bonchev–Trinajstić information content (AvgIpc) is 2.76. The first-order valence-electron chi connectivity index (χ1n) is 6.07. The number of nitrogens with zero attached hydrogens (tertiary/aromatic N) is 1. The second-order valence-electron chi connectivity index (χ2n) is 4.83. The van der Waals surface area contributed by atoms with Gasteiger partial charge in [-0.05, 0) is 46.5 Å². The predicted molar refractivity (Wildman–Crippen MR) is 80.2 cm³/mol. The Hall–Kier alpha value is -1.33. The number of hydrogen-bond donors (Lipinski definition) is 1. The van der Waals surface area contributed by atoms with E-state index in [0.29, 0.717) is 28.6 Å². The Morgan fingerprint density at radius 3 is 2.75 bits per heavy atom. The van der Waals surface area contributed by atoms with Crippen LogP contribution in [0.25, 0.3) is 11.5 Å². The highest BCUT2D eigenvalue weighted by Gasteiger charge is 2.21. The van der Waals surface area contributed by atoms with Gasteiger partial charge in [0, 0.05) is 10.0 Å². The van der Waals surface area contributed by atoms with Gasteiger partial charge < -0.3 is 9.52 Å². The van der Waals surface area contributed by atoms with Gasteiger partial charge in [-0.2, -0.15) is 0 Å². The molecule has 2 rings (SSSR count). The molecule has 2 aromatic rings. The molecule has 0 radical (unpaired) electrons.